The SMILES string of the molecule is COCc1ncc(F)cc1NC(=O)/C=C/c1ccc2c(Cl)[nH]nc2c1. The van der Waals surface area contributed by atoms with Crippen molar-refractivity contribution in [1.29, 1.82) is 0 Å². The van der Waals surface area contributed by atoms with Crippen LogP contribution in [0.4, 0.5) is 10.1 Å². The van der Waals surface area contributed by atoms with Crippen LogP contribution in [0.2, 0.25) is 5.15 Å². The van der Waals surface area contributed by atoms with E-state index in [0.29, 0.717) is 16.4 Å². The number of hydrogen-bond acceptors (Lipinski definition) is 4. The number of aromatic nitrogens is 3. The molecule has 0 aliphatic heterocycles. The number of amides is 1. The number of pyridine rings is 1. The third-order valence-corrected chi connectivity index (χ3v) is 3.72. The van der Waals surface area contributed by atoms with Gasteiger partial charge >= 0.3 is 0 Å². The molecule has 0 saturated heterocycles. The van der Waals surface area contributed by atoms with Gasteiger partial charge in [-0.1, -0.05) is 17.7 Å². The summed E-state index contributed by atoms with van der Waals surface area (Å²) in [6.07, 6.45) is 4.04. The van der Waals surface area contributed by atoms with Gasteiger partial charge in [-0.2, -0.15) is 5.10 Å². The third kappa shape index (κ3) is 4.01. The number of H-pyrrole nitrogens is 1. The van der Waals surface area contributed by atoms with Crippen LogP contribution < -0.4 is 5.32 Å². The molecule has 128 valence electrons. The molecule has 0 bridgehead atoms. The Morgan fingerprint density at radius 3 is 3.08 bits per heavy atom. The molecule has 1 amide bonds. The van der Waals surface area contributed by atoms with E-state index in [2.05, 4.69) is 20.5 Å². The maximum absolute atomic E-state index is 13.3. The molecule has 0 unspecified atom stereocenters. The zero-order valence-electron chi connectivity index (χ0n) is 13.2. The van der Waals surface area contributed by atoms with E-state index in [4.69, 9.17) is 16.3 Å². The molecule has 0 aliphatic rings. The maximum Gasteiger partial charge on any atom is 0.248 e. The number of benzene rings is 1. The maximum atomic E-state index is 13.3. The fraction of sp³-hybridized carbons (Fsp3) is 0.118. The monoisotopic (exact) mass is 360 g/mol. The van der Waals surface area contributed by atoms with Crippen LogP contribution in [0.25, 0.3) is 17.0 Å². The van der Waals surface area contributed by atoms with Gasteiger partial charge in [0.05, 0.1) is 29.7 Å². The van der Waals surface area contributed by atoms with Crippen molar-refractivity contribution in [1.82, 2.24) is 15.2 Å². The number of carbonyl (C=O) groups excluding carboxylic acids is 1. The van der Waals surface area contributed by atoms with Crippen LogP contribution in [0.1, 0.15) is 11.3 Å². The van der Waals surface area contributed by atoms with Crippen molar-refractivity contribution in [2.45, 2.75) is 6.61 Å². The molecule has 0 atom stereocenters. The Bertz CT molecular complexity index is 955. The molecule has 3 rings (SSSR count). The molecule has 0 radical (unpaired) electrons. The minimum absolute atomic E-state index is 0.163. The highest BCUT2D eigenvalue weighted by Gasteiger charge is 2.08. The van der Waals surface area contributed by atoms with Gasteiger partial charge in [-0.25, -0.2) is 4.39 Å². The second kappa shape index (κ2) is 7.42. The van der Waals surface area contributed by atoms with Crippen molar-refractivity contribution in [3.8, 4) is 0 Å². The van der Waals surface area contributed by atoms with Crippen LogP contribution >= 0.6 is 11.6 Å². The number of rotatable bonds is 5. The van der Waals surface area contributed by atoms with Gasteiger partial charge < -0.3 is 10.1 Å². The summed E-state index contributed by atoms with van der Waals surface area (Å²) in [5.74, 6) is -0.954. The van der Waals surface area contributed by atoms with Gasteiger partial charge in [-0.05, 0) is 23.8 Å². The molecule has 0 spiro atoms. The highest BCUT2D eigenvalue weighted by molar-refractivity contribution is 6.34. The van der Waals surface area contributed by atoms with E-state index in [9.17, 15) is 9.18 Å². The molecule has 1 aromatic carbocycles. The summed E-state index contributed by atoms with van der Waals surface area (Å²) in [6, 6.07) is 6.62. The first-order valence-corrected chi connectivity index (χ1v) is 7.70. The average Bonchev–Trinajstić information content (AvgIpc) is 2.96. The Hall–Kier alpha value is -2.77. The second-order valence-electron chi connectivity index (χ2n) is 5.22. The Morgan fingerprint density at radius 1 is 1.44 bits per heavy atom. The predicted molar refractivity (Wildman–Crippen MR) is 93.7 cm³/mol. The van der Waals surface area contributed by atoms with Gasteiger partial charge in [0.15, 0.2) is 0 Å². The highest BCUT2D eigenvalue weighted by atomic mass is 35.5. The Balaban J connectivity index is 1.75. The number of nitrogens with zero attached hydrogens (tertiary/aromatic N) is 2. The Morgan fingerprint density at radius 2 is 2.28 bits per heavy atom. The van der Waals surface area contributed by atoms with Crippen molar-refractivity contribution in [2.75, 3.05) is 12.4 Å². The quantitative estimate of drug-likeness (QED) is 0.682. The standard InChI is InChI=1S/C17H14ClFN4O2/c1-25-9-15-14(7-11(19)8-20-15)21-16(24)5-3-10-2-4-12-13(6-10)22-23-17(12)18/h2-8H,9H2,1H3,(H,21,24)(H,22,23)/b5-3+. The molecule has 2 N–H and O–H groups in total. The predicted octanol–water partition coefficient (Wildman–Crippen LogP) is 3.55. The minimum Gasteiger partial charge on any atom is -0.378 e. The zero-order chi connectivity index (χ0) is 17.8. The number of halogens is 2. The molecular weight excluding hydrogens is 347 g/mol. The van der Waals surface area contributed by atoms with E-state index in [1.165, 1.54) is 19.3 Å². The van der Waals surface area contributed by atoms with E-state index in [1.54, 1.807) is 12.1 Å². The van der Waals surface area contributed by atoms with Gasteiger partial charge in [-0.3, -0.25) is 14.9 Å². The lowest BCUT2D eigenvalue weighted by Gasteiger charge is -2.08. The van der Waals surface area contributed by atoms with E-state index >= 15 is 0 Å². The lowest BCUT2D eigenvalue weighted by molar-refractivity contribution is -0.111. The van der Waals surface area contributed by atoms with E-state index in [0.717, 1.165) is 17.1 Å². The smallest absolute Gasteiger partial charge is 0.248 e. The van der Waals surface area contributed by atoms with E-state index in [1.807, 2.05) is 12.1 Å². The fourth-order valence-corrected chi connectivity index (χ4v) is 2.48. The number of methoxy groups -OCH3 is 1. The molecule has 3 aromatic rings. The zero-order valence-corrected chi connectivity index (χ0v) is 14.0. The highest BCUT2D eigenvalue weighted by Crippen LogP contribution is 2.22. The van der Waals surface area contributed by atoms with Crippen LogP contribution in [0.3, 0.4) is 0 Å². The lowest BCUT2D eigenvalue weighted by Crippen LogP contribution is -2.11. The molecule has 2 aromatic heterocycles. The van der Waals surface area contributed by atoms with Crippen molar-refractivity contribution in [3.05, 3.63) is 58.8 Å². The van der Waals surface area contributed by atoms with E-state index in [-0.39, 0.29) is 12.3 Å². The number of anilines is 1. The first kappa shape index (κ1) is 17.1. The molecule has 0 fully saturated rings. The summed E-state index contributed by atoms with van der Waals surface area (Å²) in [4.78, 5) is 16.0. The Labute approximate surface area is 147 Å². The molecule has 6 nitrogen and oxygen atoms in total. The van der Waals surface area contributed by atoms with Gasteiger partial charge in [0.1, 0.15) is 11.0 Å². The molecular formula is C17H14ClFN4O2. The topological polar surface area (TPSA) is 79.9 Å². The van der Waals surface area contributed by atoms with Crippen LogP contribution in [0.5, 0.6) is 0 Å². The Kier molecular flexibility index (Phi) is 5.06. The molecule has 0 aliphatic carbocycles. The van der Waals surface area contributed by atoms with Gasteiger partial charge in [-0.15, -0.1) is 0 Å². The largest absolute Gasteiger partial charge is 0.378 e. The van der Waals surface area contributed by atoms with Crippen LogP contribution in [-0.4, -0.2) is 28.2 Å². The normalized spacial score (nSPS) is 11.3. The van der Waals surface area contributed by atoms with Crippen molar-refractivity contribution in [2.24, 2.45) is 0 Å². The number of fused-ring (bicyclic) bond motifs is 1. The summed E-state index contributed by atoms with van der Waals surface area (Å²) >= 11 is 5.95. The van der Waals surface area contributed by atoms with Gasteiger partial charge in [0, 0.05) is 24.6 Å². The first-order chi connectivity index (χ1) is 12.1. The lowest BCUT2D eigenvalue weighted by atomic mass is 10.1. The fourth-order valence-electron chi connectivity index (χ4n) is 2.27. The number of hydrogen-bond donors (Lipinski definition) is 2. The van der Waals surface area contributed by atoms with Crippen molar-refractivity contribution >= 4 is 40.2 Å². The van der Waals surface area contributed by atoms with Crippen LogP contribution in [0, 0.1) is 5.82 Å². The summed E-state index contributed by atoms with van der Waals surface area (Å²) in [7, 11) is 1.49. The molecule has 8 heteroatoms. The number of carbonyl (C=O) groups is 1. The van der Waals surface area contributed by atoms with Gasteiger partial charge in [0.25, 0.3) is 0 Å². The van der Waals surface area contributed by atoms with Crippen LogP contribution in [-0.2, 0) is 16.1 Å². The minimum atomic E-state index is -0.542. The van der Waals surface area contributed by atoms with Gasteiger partial charge in [0.2, 0.25) is 5.91 Å². The molecule has 25 heavy (non-hydrogen) atoms. The molecule has 0 saturated carbocycles. The average molecular weight is 361 g/mol. The number of nitrogens with one attached hydrogen (secondary N) is 2. The van der Waals surface area contributed by atoms with Crippen molar-refractivity contribution in [3.63, 3.8) is 0 Å². The molecule has 2 heterocycles. The summed E-state index contributed by atoms with van der Waals surface area (Å²) < 4.78 is 18.3. The second-order valence-corrected chi connectivity index (χ2v) is 5.60. The number of aromatic amines is 1. The first-order valence-electron chi connectivity index (χ1n) is 7.33. The van der Waals surface area contributed by atoms with Crippen LogP contribution in [0.15, 0.2) is 36.5 Å². The number of ether oxygens (including phenoxy) is 1. The summed E-state index contributed by atoms with van der Waals surface area (Å²) in [5.41, 5.74) is 2.19. The summed E-state index contributed by atoms with van der Waals surface area (Å²) in [5, 5.41) is 10.6. The third-order valence-electron chi connectivity index (χ3n) is 3.44. The van der Waals surface area contributed by atoms with E-state index < -0.39 is 11.7 Å². The summed E-state index contributed by atoms with van der Waals surface area (Å²) in [6.45, 7) is 0.163. The van der Waals surface area contributed by atoms with Crippen molar-refractivity contribution < 1.29 is 13.9 Å².